The number of hydrogen-bond acceptors (Lipinski definition) is 6. The zero-order valence-corrected chi connectivity index (χ0v) is 14.4. The van der Waals surface area contributed by atoms with Crippen LogP contribution in [0.25, 0.3) is 0 Å². The van der Waals surface area contributed by atoms with Gasteiger partial charge in [0.15, 0.2) is 5.75 Å². The highest BCUT2D eigenvalue weighted by atomic mass is 32.2. The third-order valence-corrected chi connectivity index (χ3v) is 6.09. The van der Waals surface area contributed by atoms with Gasteiger partial charge in [0.1, 0.15) is 5.75 Å². The van der Waals surface area contributed by atoms with E-state index in [0.717, 1.165) is 23.8 Å². The fourth-order valence-electron chi connectivity index (χ4n) is 3.18. The van der Waals surface area contributed by atoms with Crippen LogP contribution in [0.2, 0.25) is 0 Å². The SMILES string of the molecule is CSc1c(O)c2c(c(OS(C)(=O)=O)c1SC)[C@H]1C=C[C@@H]2C1. The van der Waals surface area contributed by atoms with Crippen LogP contribution in [-0.2, 0) is 10.1 Å². The fourth-order valence-corrected chi connectivity index (χ4v) is 5.41. The first-order valence-electron chi connectivity index (χ1n) is 6.45. The average Bonchev–Trinajstić information content (AvgIpc) is 3.00. The highest BCUT2D eigenvalue weighted by molar-refractivity contribution is 8.01. The molecule has 7 heteroatoms. The molecule has 0 heterocycles. The lowest BCUT2D eigenvalue weighted by Crippen LogP contribution is -2.11. The Kier molecular flexibility index (Phi) is 3.70. The van der Waals surface area contributed by atoms with Crippen molar-refractivity contribution in [2.75, 3.05) is 18.8 Å². The van der Waals surface area contributed by atoms with Crippen molar-refractivity contribution in [2.45, 2.75) is 28.0 Å². The van der Waals surface area contributed by atoms with Crippen LogP contribution in [0.15, 0.2) is 21.9 Å². The number of rotatable bonds is 4. The molecule has 1 aromatic carbocycles. The van der Waals surface area contributed by atoms with E-state index < -0.39 is 10.1 Å². The molecule has 0 fully saturated rings. The second kappa shape index (κ2) is 5.14. The van der Waals surface area contributed by atoms with Gasteiger partial charge in [0.25, 0.3) is 0 Å². The number of phenolic OH excluding ortho intramolecular Hbond substituents is 1. The molecule has 2 bridgehead atoms. The second-order valence-corrected chi connectivity index (χ2v) is 8.40. The van der Waals surface area contributed by atoms with Crippen LogP contribution in [0.1, 0.15) is 29.4 Å². The van der Waals surface area contributed by atoms with E-state index in [2.05, 4.69) is 12.2 Å². The van der Waals surface area contributed by atoms with Crippen molar-refractivity contribution in [3.63, 3.8) is 0 Å². The number of aromatic hydroxyl groups is 1. The predicted molar refractivity (Wildman–Crippen MR) is 86.4 cm³/mol. The Balaban J connectivity index is 2.32. The lowest BCUT2D eigenvalue weighted by molar-refractivity contribution is 0.441. The van der Waals surface area contributed by atoms with Crippen molar-refractivity contribution < 1.29 is 17.7 Å². The summed E-state index contributed by atoms with van der Waals surface area (Å²) in [7, 11) is -3.61. The standard InChI is InChI=1S/C14H16O4S3/c1-19-13-11(15)9-7-4-5-8(6-7)10(9)12(14(13)20-2)18-21(3,16)17/h4-5,7-8,15H,6H2,1-3H3/t7-,8+/m1/s1. The fraction of sp³-hybridized carbons (Fsp3) is 0.429. The highest BCUT2D eigenvalue weighted by Crippen LogP contribution is 2.60. The quantitative estimate of drug-likeness (QED) is 0.514. The molecule has 1 aromatic rings. The Hall–Kier alpha value is -0.790. The minimum atomic E-state index is -3.61. The van der Waals surface area contributed by atoms with Crippen molar-refractivity contribution in [1.82, 2.24) is 0 Å². The van der Waals surface area contributed by atoms with Crippen LogP contribution in [0, 0.1) is 0 Å². The molecule has 114 valence electrons. The van der Waals surface area contributed by atoms with Crippen molar-refractivity contribution in [3.8, 4) is 11.5 Å². The summed E-state index contributed by atoms with van der Waals surface area (Å²) in [5.74, 6) is 0.974. The molecule has 2 aliphatic carbocycles. The monoisotopic (exact) mass is 344 g/mol. The van der Waals surface area contributed by atoms with E-state index in [1.807, 2.05) is 12.5 Å². The number of fused-ring (bicyclic) bond motifs is 5. The smallest absolute Gasteiger partial charge is 0.306 e. The summed E-state index contributed by atoms with van der Waals surface area (Å²) in [4.78, 5) is 1.39. The van der Waals surface area contributed by atoms with Crippen molar-refractivity contribution in [2.24, 2.45) is 0 Å². The van der Waals surface area contributed by atoms with Crippen LogP contribution in [-0.4, -0.2) is 32.3 Å². The third kappa shape index (κ3) is 2.35. The molecule has 0 saturated heterocycles. The maximum absolute atomic E-state index is 11.6. The van der Waals surface area contributed by atoms with Gasteiger partial charge >= 0.3 is 10.1 Å². The van der Waals surface area contributed by atoms with Gasteiger partial charge in [-0.2, -0.15) is 8.42 Å². The van der Waals surface area contributed by atoms with E-state index in [9.17, 15) is 13.5 Å². The first kappa shape index (κ1) is 15.1. The molecule has 0 aromatic heterocycles. The molecule has 0 radical (unpaired) electrons. The molecule has 0 spiro atoms. The highest BCUT2D eigenvalue weighted by Gasteiger charge is 2.41. The van der Waals surface area contributed by atoms with Gasteiger partial charge in [0.2, 0.25) is 0 Å². The van der Waals surface area contributed by atoms with E-state index >= 15 is 0 Å². The number of benzene rings is 1. The van der Waals surface area contributed by atoms with Gasteiger partial charge in [0, 0.05) is 23.0 Å². The van der Waals surface area contributed by atoms with Gasteiger partial charge in [-0.15, -0.1) is 23.5 Å². The molecular formula is C14H16O4S3. The van der Waals surface area contributed by atoms with Crippen LogP contribution >= 0.6 is 23.5 Å². The minimum absolute atomic E-state index is 0.134. The molecule has 0 amide bonds. The van der Waals surface area contributed by atoms with Gasteiger partial charge in [-0.05, 0) is 18.9 Å². The molecule has 4 nitrogen and oxygen atoms in total. The largest absolute Gasteiger partial charge is 0.506 e. The van der Waals surface area contributed by atoms with E-state index in [-0.39, 0.29) is 17.6 Å². The lowest BCUT2D eigenvalue weighted by Gasteiger charge is -2.22. The molecular weight excluding hydrogens is 328 g/mol. The van der Waals surface area contributed by atoms with E-state index in [1.165, 1.54) is 23.5 Å². The van der Waals surface area contributed by atoms with E-state index in [0.29, 0.717) is 15.5 Å². The van der Waals surface area contributed by atoms with Gasteiger partial charge < -0.3 is 9.29 Å². The molecule has 3 rings (SSSR count). The van der Waals surface area contributed by atoms with Crippen LogP contribution in [0.4, 0.5) is 0 Å². The molecule has 2 atom stereocenters. The van der Waals surface area contributed by atoms with Crippen molar-refractivity contribution in [3.05, 3.63) is 23.3 Å². The van der Waals surface area contributed by atoms with E-state index in [4.69, 9.17) is 4.18 Å². The first-order valence-corrected chi connectivity index (χ1v) is 10.7. The van der Waals surface area contributed by atoms with Crippen molar-refractivity contribution >= 4 is 33.6 Å². The number of thioether (sulfide) groups is 2. The Morgan fingerprint density at radius 3 is 2.24 bits per heavy atom. The van der Waals surface area contributed by atoms with Crippen LogP contribution < -0.4 is 4.18 Å². The zero-order valence-electron chi connectivity index (χ0n) is 11.9. The number of phenols is 1. The topological polar surface area (TPSA) is 63.6 Å². The predicted octanol–water partition coefficient (Wildman–Crippen LogP) is 3.32. The Bertz CT molecular complexity index is 737. The second-order valence-electron chi connectivity index (χ2n) is 5.19. The van der Waals surface area contributed by atoms with Crippen LogP contribution in [0.3, 0.4) is 0 Å². The maximum atomic E-state index is 11.6. The van der Waals surface area contributed by atoms with E-state index in [1.54, 1.807) is 0 Å². The van der Waals surface area contributed by atoms with Crippen molar-refractivity contribution in [1.29, 1.82) is 0 Å². The lowest BCUT2D eigenvalue weighted by atomic mass is 9.95. The summed E-state index contributed by atoms with van der Waals surface area (Å²) < 4.78 is 28.6. The van der Waals surface area contributed by atoms with Gasteiger partial charge in [0.05, 0.1) is 16.0 Å². The molecule has 0 unspecified atom stereocenters. The summed E-state index contributed by atoms with van der Waals surface area (Å²) in [6.45, 7) is 0. The Morgan fingerprint density at radius 2 is 1.71 bits per heavy atom. The average molecular weight is 344 g/mol. The maximum Gasteiger partial charge on any atom is 0.306 e. The molecule has 21 heavy (non-hydrogen) atoms. The first-order chi connectivity index (χ1) is 9.87. The minimum Gasteiger partial charge on any atom is -0.506 e. The summed E-state index contributed by atoms with van der Waals surface area (Å²) in [5.41, 5.74) is 1.68. The summed E-state index contributed by atoms with van der Waals surface area (Å²) >= 11 is 2.81. The Labute approximate surface area is 133 Å². The molecule has 1 N–H and O–H groups in total. The summed E-state index contributed by atoms with van der Waals surface area (Å²) in [5, 5.41) is 10.6. The number of allylic oxidation sites excluding steroid dienone is 2. The van der Waals surface area contributed by atoms with Gasteiger partial charge in [-0.1, -0.05) is 12.2 Å². The Morgan fingerprint density at radius 1 is 1.14 bits per heavy atom. The molecule has 0 saturated carbocycles. The molecule has 2 aliphatic rings. The molecule has 0 aliphatic heterocycles. The summed E-state index contributed by atoms with van der Waals surface area (Å²) in [6.07, 6.45) is 9.82. The number of hydrogen-bond donors (Lipinski definition) is 1. The summed E-state index contributed by atoms with van der Waals surface area (Å²) in [6, 6.07) is 0. The third-order valence-electron chi connectivity index (χ3n) is 3.89. The van der Waals surface area contributed by atoms with Gasteiger partial charge in [-0.3, -0.25) is 0 Å². The normalized spacial score (nSPS) is 22.6. The van der Waals surface area contributed by atoms with Gasteiger partial charge in [-0.25, -0.2) is 0 Å². The van der Waals surface area contributed by atoms with Crippen LogP contribution in [0.5, 0.6) is 11.5 Å². The zero-order chi connectivity index (χ0) is 15.4.